The molecule has 1 N–H and O–H groups in total. The van der Waals surface area contributed by atoms with Crippen molar-refractivity contribution in [1.29, 1.82) is 0 Å². The maximum absolute atomic E-state index is 12.1. The minimum atomic E-state index is -1.26. The molecule has 0 radical (unpaired) electrons. The van der Waals surface area contributed by atoms with Crippen molar-refractivity contribution < 1.29 is 14.3 Å². The molecule has 1 rings (SSSR count). The number of carbonyl (C=O) groups is 1. The third kappa shape index (κ3) is 1.25. The van der Waals surface area contributed by atoms with Gasteiger partial charge in [0.2, 0.25) is 5.95 Å². The summed E-state index contributed by atoms with van der Waals surface area (Å²) in [6.45, 7) is 0. The van der Waals surface area contributed by atoms with Gasteiger partial charge < -0.3 is 5.11 Å². The smallest absolute Gasteiger partial charge is 0.354 e. The van der Waals surface area contributed by atoms with Crippen LogP contribution in [0.3, 0.4) is 0 Å². The average Bonchev–Trinajstić information content (AvgIpc) is 1.88. The molecule has 1 heterocycles. The maximum Gasteiger partial charge on any atom is 0.354 e. The monoisotopic (exact) mass is 142 g/mol. The van der Waals surface area contributed by atoms with Gasteiger partial charge in [0.05, 0.1) is 0 Å². The number of aromatic carboxylic acids is 1. The molecule has 10 heavy (non-hydrogen) atoms. The van der Waals surface area contributed by atoms with Crippen LogP contribution in [0.2, 0.25) is 0 Å². The summed E-state index contributed by atoms with van der Waals surface area (Å²) in [5, 5.41) is 8.25. The van der Waals surface area contributed by atoms with Crippen LogP contribution >= 0.6 is 0 Å². The van der Waals surface area contributed by atoms with Gasteiger partial charge in [0.15, 0.2) is 5.69 Å². The fourth-order valence-corrected chi connectivity index (χ4v) is 0.451. The summed E-state index contributed by atoms with van der Waals surface area (Å²) in [6, 6.07) is 0.752. The lowest BCUT2D eigenvalue weighted by Gasteiger charge is -1.89. The van der Waals surface area contributed by atoms with Gasteiger partial charge in [-0.05, 0) is 0 Å². The van der Waals surface area contributed by atoms with Crippen molar-refractivity contribution in [1.82, 2.24) is 9.97 Å². The summed E-state index contributed by atoms with van der Waals surface area (Å²) in [5.41, 5.74) is -0.340. The number of hydrogen-bond acceptors (Lipinski definition) is 3. The molecule has 0 aliphatic rings. The molecule has 0 unspecified atom stereocenters. The van der Waals surface area contributed by atoms with Gasteiger partial charge in [-0.15, -0.1) is 0 Å². The predicted molar refractivity (Wildman–Crippen MR) is 28.9 cm³/mol. The van der Waals surface area contributed by atoms with Crippen LogP contribution in [0.15, 0.2) is 12.4 Å². The van der Waals surface area contributed by atoms with Crippen molar-refractivity contribution in [3.05, 3.63) is 24.0 Å². The first-order valence-corrected chi connectivity index (χ1v) is 2.41. The molecule has 4 nitrogen and oxygen atoms in total. The van der Waals surface area contributed by atoms with Crippen molar-refractivity contribution in [2.75, 3.05) is 0 Å². The van der Waals surface area contributed by atoms with E-state index in [0.717, 1.165) is 12.4 Å². The van der Waals surface area contributed by atoms with Gasteiger partial charge in [0, 0.05) is 6.07 Å². The van der Waals surface area contributed by atoms with Crippen molar-refractivity contribution in [3.63, 3.8) is 0 Å². The minimum absolute atomic E-state index is 0.340. The lowest BCUT2D eigenvalue weighted by Crippen LogP contribution is -2.01. The van der Waals surface area contributed by atoms with Gasteiger partial charge in [0.25, 0.3) is 0 Å². The Balaban J connectivity index is 3.07. The second-order valence-corrected chi connectivity index (χ2v) is 1.53. The number of aromatic nitrogens is 2. The summed E-state index contributed by atoms with van der Waals surface area (Å²) in [7, 11) is 0. The molecule has 0 aliphatic carbocycles. The highest BCUT2D eigenvalue weighted by molar-refractivity contribution is 5.84. The number of hydrogen-bond donors (Lipinski definition) is 1. The fourth-order valence-electron chi connectivity index (χ4n) is 0.451. The van der Waals surface area contributed by atoms with Crippen LogP contribution in [0.1, 0.15) is 10.5 Å². The van der Waals surface area contributed by atoms with E-state index in [9.17, 15) is 9.18 Å². The topological polar surface area (TPSA) is 63.1 Å². The Morgan fingerprint density at radius 1 is 1.60 bits per heavy atom. The molecule has 5 heteroatoms. The molecular weight excluding hydrogens is 139 g/mol. The Hall–Kier alpha value is -1.52. The highest BCUT2D eigenvalue weighted by Crippen LogP contribution is 1.94. The Kier molecular flexibility index (Phi) is 1.57. The zero-order valence-electron chi connectivity index (χ0n) is 4.78. The van der Waals surface area contributed by atoms with E-state index in [-0.39, 0.29) is 5.69 Å². The molecule has 0 fully saturated rings. The third-order valence-corrected chi connectivity index (χ3v) is 0.853. The maximum atomic E-state index is 12.1. The van der Waals surface area contributed by atoms with Gasteiger partial charge in [-0.2, -0.15) is 4.39 Å². The fraction of sp³-hybridized carbons (Fsp3) is 0. The largest absolute Gasteiger partial charge is 0.477 e. The SMILES string of the molecule is O=C(O)c1cc(F)ncn1. The van der Waals surface area contributed by atoms with Gasteiger partial charge in [-0.25, -0.2) is 14.8 Å². The minimum Gasteiger partial charge on any atom is -0.477 e. The molecule has 0 saturated carbocycles. The van der Waals surface area contributed by atoms with Crippen LogP contribution in [-0.4, -0.2) is 21.0 Å². The van der Waals surface area contributed by atoms with Crippen molar-refractivity contribution >= 4 is 5.97 Å². The first-order chi connectivity index (χ1) is 4.70. The van der Waals surface area contributed by atoms with Crippen LogP contribution in [0.25, 0.3) is 0 Å². The number of nitrogens with zero attached hydrogens (tertiary/aromatic N) is 2. The number of carboxylic acid groups (broad SMARTS) is 1. The molecule has 1 aromatic heterocycles. The lowest BCUT2D eigenvalue weighted by atomic mass is 10.4. The van der Waals surface area contributed by atoms with Crippen LogP contribution in [-0.2, 0) is 0 Å². The van der Waals surface area contributed by atoms with Crippen LogP contribution in [0.5, 0.6) is 0 Å². The Morgan fingerprint density at radius 3 is 2.70 bits per heavy atom. The number of rotatable bonds is 1. The number of carboxylic acids is 1. The summed E-state index contributed by atoms with van der Waals surface area (Å²) < 4.78 is 12.1. The summed E-state index contributed by atoms with van der Waals surface area (Å²) in [6.07, 6.45) is 0.860. The van der Waals surface area contributed by atoms with Crippen LogP contribution in [0.4, 0.5) is 4.39 Å². The summed E-state index contributed by atoms with van der Waals surface area (Å²) in [4.78, 5) is 16.5. The Bertz CT molecular complexity index is 264. The van der Waals surface area contributed by atoms with Gasteiger partial charge in [0.1, 0.15) is 6.33 Å². The van der Waals surface area contributed by atoms with Gasteiger partial charge in [-0.3, -0.25) is 0 Å². The average molecular weight is 142 g/mol. The molecule has 0 aliphatic heterocycles. The predicted octanol–water partition coefficient (Wildman–Crippen LogP) is 0.314. The molecule has 52 valence electrons. The van der Waals surface area contributed by atoms with Crippen molar-refractivity contribution in [3.8, 4) is 0 Å². The van der Waals surface area contributed by atoms with Gasteiger partial charge >= 0.3 is 5.97 Å². The van der Waals surface area contributed by atoms with Crippen molar-refractivity contribution in [2.24, 2.45) is 0 Å². The van der Waals surface area contributed by atoms with Crippen LogP contribution in [0, 0.1) is 5.95 Å². The molecule has 0 amide bonds. The van der Waals surface area contributed by atoms with E-state index in [2.05, 4.69) is 9.97 Å². The Labute approximate surface area is 55.4 Å². The van der Waals surface area contributed by atoms with E-state index < -0.39 is 11.9 Å². The molecule has 0 saturated heterocycles. The number of halogens is 1. The molecule has 1 aromatic rings. The summed E-state index contributed by atoms with van der Waals surface area (Å²) in [5.74, 6) is -2.10. The van der Waals surface area contributed by atoms with Gasteiger partial charge in [-0.1, -0.05) is 0 Å². The van der Waals surface area contributed by atoms with E-state index >= 15 is 0 Å². The molecule has 0 spiro atoms. The summed E-state index contributed by atoms with van der Waals surface area (Å²) >= 11 is 0. The van der Waals surface area contributed by atoms with Crippen molar-refractivity contribution in [2.45, 2.75) is 0 Å². The zero-order chi connectivity index (χ0) is 7.56. The van der Waals surface area contributed by atoms with E-state index in [4.69, 9.17) is 5.11 Å². The molecule has 0 atom stereocenters. The standard InChI is InChI=1S/C5H3FN2O2/c6-4-1-3(5(9)10)7-2-8-4/h1-2H,(H,9,10). The second-order valence-electron chi connectivity index (χ2n) is 1.53. The highest BCUT2D eigenvalue weighted by Gasteiger charge is 2.04. The quantitative estimate of drug-likeness (QED) is 0.573. The van der Waals surface area contributed by atoms with E-state index in [1.807, 2.05) is 0 Å². The molecular formula is C5H3FN2O2. The van der Waals surface area contributed by atoms with E-state index in [1.165, 1.54) is 0 Å². The lowest BCUT2D eigenvalue weighted by molar-refractivity contribution is 0.0689. The molecule has 0 bridgehead atoms. The van der Waals surface area contributed by atoms with E-state index in [0.29, 0.717) is 0 Å². The highest BCUT2D eigenvalue weighted by atomic mass is 19.1. The first kappa shape index (κ1) is 6.60. The normalized spacial score (nSPS) is 9.30. The molecule has 0 aromatic carbocycles. The zero-order valence-corrected chi connectivity index (χ0v) is 4.78. The first-order valence-electron chi connectivity index (χ1n) is 2.41. The van der Waals surface area contributed by atoms with Crippen LogP contribution < -0.4 is 0 Å². The second kappa shape index (κ2) is 2.38. The third-order valence-electron chi connectivity index (χ3n) is 0.853. The Morgan fingerprint density at radius 2 is 2.30 bits per heavy atom. The van der Waals surface area contributed by atoms with E-state index in [1.54, 1.807) is 0 Å².